The molecule has 0 unspecified atom stereocenters. The van der Waals surface area contributed by atoms with Crippen molar-refractivity contribution in [1.29, 1.82) is 0 Å². The number of carbonyl (C=O) groups is 2. The number of aryl methyl sites for hydroxylation is 1. The molecule has 0 aromatic heterocycles. The van der Waals surface area contributed by atoms with Crippen molar-refractivity contribution in [1.82, 2.24) is 4.31 Å². The number of sulfonamides is 1. The van der Waals surface area contributed by atoms with Gasteiger partial charge in [0, 0.05) is 0 Å². The van der Waals surface area contributed by atoms with E-state index in [1.807, 2.05) is 6.92 Å². The number of hydrogen-bond donors (Lipinski definition) is 1. The van der Waals surface area contributed by atoms with Crippen molar-refractivity contribution < 1.29 is 23.1 Å². The fraction of sp³-hybridized carbons (Fsp3) is 0.429. The van der Waals surface area contributed by atoms with Gasteiger partial charge in [-0.25, -0.2) is 17.5 Å². The maximum Gasteiger partial charge on any atom is 0.327 e. The second kappa shape index (κ2) is 7.21. The predicted molar refractivity (Wildman–Crippen MR) is 77.2 cm³/mol. The van der Waals surface area contributed by atoms with Gasteiger partial charge in [-0.2, -0.15) is 0 Å². The van der Waals surface area contributed by atoms with Crippen molar-refractivity contribution >= 4 is 22.4 Å². The van der Waals surface area contributed by atoms with Crippen LogP contribution < -0.4 is 0 Å². The molecule has 1 rings (SSSR count). The standard InChI is InChI=1S/C14H19NO5S/c1-3-4-5-13(14(17)18)15(10-16)21(19,20)12-8-6-11(2)7-9-12/h6-10,13H,3-5H2,1-2H3,(H,17,18)/t13-/m1/s1. The molecular formula is C14H19NO5S. The molecule has 1 atom stereocenters. The summed E-state index contributed by atoms with van der Waals surface area (Å²) in [6.45, 7) is 3.66. The van der Waals surface area contributed by atoms with Gasteiger partial charge in [-0.05, 0) is 25.5 Å². The molecule has 6 nitrogen and oxygen atoms in total. The molecule has 116 valence electrons. The quantitative estimate of drug-likeness (QED) is 0.739. The van der Waals surface area contributed by atoms with Crippen molar-refractivity contribution in [2.45, 2.75) is 44.0 Å². The zero-order valence-corrected chi connectivity index (χ0v) is 12.8. The average molecular weight is 313 g/mol. The van der Waals surface area contributed by atoms with Crippen LogP contribution in [0.25, 0.3) is 0 Å². The molecule has 21 heavy (non-hydrogen) atoms. The Morgan fingerprint density at radius 2 is 1.90 bits per heavy atom. The Morgan fingerprint density at radius 1 is 1.33 bits per heavy atom. The lowest BCUT2D eigenvalue weighted by atomic mass is 10.1. The van der Waals surface area contributed by atoms with Gasteiger partial charge in [0.15, 0.2) is 0 Å². The van der Waals surface area contributed by atoms with Crippen molar-refractivity contribution in [3.05, 3.63) is 29.8 Å². The van der Waals surface area contributed by atoms with Crippen molar-refractivity contribution in [2.75, 3.05) is 0 Å². The van der Waals surface area contributed by atoms with Gasteiger partial charge in [0.25, 0.3) is 10.0 Å². The van der Waals surface area contributed by atoms with Gasteiger partial charge in [-0.15, -0.1) is 0 Å². The molecule has 0 radical (unpaired) electrons. The van der Waals surface area contributed by atoms with Crippen LogP contribution in [0.15, 0.2) is 29.2 Å². The van der Waals surface area contributed by atoms with E-state index in [0.717, 1.165) is 5.56 Å². The minimum absolute atomic E-state index is 0.0731. The lowest BCUT2D eigenvalue weighted by Gasteiger charge is -2.24. The van der Waals surface area contributed by atoms with Gasteiger partial charge >= 0.3 is 5.97 Å². The van der Waals surface area contributed by atoms with Gasteiger partial charge in [-0.1, -0.05) is 37.5 Å². The van der Waals surface area contributed by atoms with E-state index < -0.39 is 22.0 Å². The van der Waals surface area contributed by atoms with Crippen LogP contribution in [-0.4, -0.2) is 36.3 Å². The monoisotopic (exact) mass is 313 g/mol. The van der Waals surface area contributed by atoms with Gasteiger partial charge in [0.2, 0.25) is 6.41 Å². The smallest absolute Gasteiger partial charge is 0.327 e. The summed E-state index contributed by atoms with van der Waals surface area (Å²) in [5, 5.41) is 9.19. The molecule has 0 bridgehead atoms. The number of carbonyl (C=O) groups excluding carboxylic acids is 1. The first-order valence-corrected chi connectivity index (χ1v) is 8.07. The first-order valence-electron chi connectivity index (χ1n) is 6.63. The summed E-state index contributed by atoms with van der Waals surface area (Å²) in [5.41, 5.74) is 0.868. The summed E-state index contributed by atoms with van der Waals surface area (Å²) in [6.07, 6.45) is 1.39. The SMILES string of the molecule is CCCC[C@H](C(=O)O)N(C=O)S(=O)(=O)c1ccc(C)cc1. The normalized spacial score (nSPS) is 12.7. The Bertz CT molecular complexity index is 594. The Balaban J connectivity index is 3.19. The molecule has 0 spiro atoms. The predicted octanol–water partition coefficient (Wildman–Crippen LogP) is 1.79. The van der Waals surface area contributed by atoms with Crippen LogP contribution >= 0.6 is 0 Å². The highest BCUT2D eigenvalue weighted by Crippen LogP contribution is 2.20. The van der Waals surface area contributed by atoms with E-state index in [2.05, 4.69) is 0 Å². The molecule has 1 amide bonds. The molecule has 1 N–H and O–H groups in total. The lowest BCUT2D eigenvalue weighted by molar-refractivity contribution is -0.143. The molecule has 7 heteroatoms. The van der Waals surface area contributed by atoms with E-state index in [-0.39, 0.29) is 17.7 Å². The fourth-order valence-corrected chi connectivity index (χ4v) is 3.25. The Labute approximate surface area is 124 Å². The Kier molecular flexibility index (Phi) is 5.90. The Morgan fingerprint density at radius 3 is 2.33 bits per heavy atom. The highest BCUT2D eigenvalue weighted by molar-refractivity contribution is 7.89. The number of rotatable bonds is 8. The molecule has 0 fully saturated rings. The molecule has 0 aliphatic rings. The third-order valence-corrected chi connectivity index (χ3v) is 4.89. The van der Waals surface area contributed by atoms with E-state index in [1.165, 1.54) is 12.1 Å². The zero-order valence-electron chi connectivity index (χ0n) is 12.0. The Hall–Kier alpha value is -1.89. The topological polar surface area (TPSA) is 91.8 Å². The maximum atomic E-state index is 12.4. The number of amides is 1. The van der Waals surface area contributed by atoms with E-state index in [9.17, 15) is 23.1 Å². The van der Waals surface area contributed by atoms with Crippen LogP contribution in [0.4, 0.5) is 0 Å². The van der Waals surface area contributed by atoms with Gasteiger partial charge in [-0.3, -0.25) is 4.79 Å². The summed E-state index contributed by atoms with van der Waals surface area (Å²) in [6, 6.07) is 4.53. The number of carboxylic acid groups (broad SMARTS) is 1. The first kappa shape index (κ1) is 17.2. The summed E-state index contributed by atoms with van der Waals surface area (Å²) < 4.78 is 25.2. The van der Waals surface area contributed by atoms with Crippen LogP contribution in [0, 0.1) is 6.92 Å². The molecular weight excluding hydrogens is 294 g/mol. The minimum Gasteiger partial charge on any atom is -0.480 e. The highest BCUT2D eigenvalue weighted by Gasteiger charge is 2.34. The number of hydrogen-bond acceptors (Lipinski definition) is 4. The van der Waals surface area contributed by atoms with E-state index in [4.69, 9.17) is 0 Å². The van der Waals surface area contributed by atoms with E-state index in [0.29, 0.717) is 17.1 Å². The third-order valence-electron chi connectivity index (χ3n) is 3.12. The fourth-order valence-electron chi connectivity index (χ4n) is 1.89. The zero-order chi connectivity index (χ0) is 16.0. The van der Waals surface area contributed by atoms with Gasteiger partial charge < -0.3 is 5.11 Å². The van der Waals surface area contributed by atoms with Crippen LogP contribution in [0.1, 0.15) is 31.7 Å². The van der Waals surface area contributed by atoms with Crippen LogP contribution in [0.3, 0.4) is 0 Å². The van der Waals surface area contributed by atoms with Crippen LogP contribution in [-0.2, 0) is 19.6 Å². The summed E-state index contributed by atoms with van der Waals surface area (Å²) in [4.78, 5) is 22.4. The van der Waals surface area contributed by atoms with E-state index in [1.54, 1.807) is 19.1 Å². The number of nitrogens with zero attached hydrogens (tertiary/aromatic N) is 1. The van der Waals surface area contributed by atoms with Crippen molar-refractivity contribution in [2.24, 2.45) is 0 Å². The largest absolute Gasteiger partial charge is 0.480 e. The molecule has 1 aromatic rings. The molecule has 0 saturated carbocycles. The molecule has 0 heterocycles. The highest BCUT2D eigenvalue weighted by atomic mass is 32.2. The minimum atomic E-state index is -4.16. The maximum absolute atomic E-state index is 12.4. The van der Waals surface area contributed by atoms with Crippen molar-refractivity contribution in [3.8, 4) is 0 Å². The summed E-state index contributed by atoms with van der Waals surface area (Å²) in [5.74, 6) is -1.33. The van der Waals surface area contributed by atoms with Gasteiger partial charge in [0.05, 0.1) is 4.90 Å². The molecule has 0 aliphatic heterocycles. The number of unbranched alkanes of at least 4 members (excludes halogenated alkanes) is 1. The summed E-state index contributed by atoms with van der Waals surface area (Å²) in [7, 11) is -4.16. The molecule has 0 saturated heterocycles. The molecule has 0 aliphatic carbocycles. The van der Waals surface area contributed by atoms with Crippen molar-refractivity contribution in [3.63, 3.8) is 0 Å². The second-order valence-electron chi connectivity index (χ2n) is 4.75. The average Bonchev–Trinajstić information content (AvgIpc) is 2.43. The number of benzene rings is 1. The molecule has 1 aromatic carbocycles. The lowest BCUT2D eigenvalue weighted by Crippen LogP contribution is -2.44. The second-order valence-corrected chi connectivity index (χ2v) is 6.59. The first-order chi connectivity index (χ1) is 9.84. The van der Waals surface area contributed by atoms with Crippen LogP contribution in [0.5, 0.6) is 0 Å². The third kappa shape index (κ3) is 4.04. The number of aliphatic carboxylic acids is 1. The number of carboxylic acids is 1. The van der Waals surface area contributed by atoms with Gasteiger partial charge in [0.1, 0.15) is 6.04 Å². The van der Waals surface area contributed by atoms with E-state index >= 15 is 0 Å². The summed E-state index contributed by atoms with van der Waals surface area (Å²) >= 11 is 0. The van der Waals surface area contributed by atoms with Crippen LogP contribution in [0.2, 0.25) is 0 Å².